The van der Waals surface area contributed by atoms with Crippen LogP contribution in [0.25, 0.3) is 0 Å². The molecule has 0 aromatic heterocycles. The molecule has 1 aliphatic rings. The zero-order valence-electron chi connectivity index (χ0n) is 14.6. The highest BCUT2D eigenvalue weighted by molar-refractivity contribution is 6.31. The standard InChI is InChI=1S/C20H19Cl2FN2O2/c21-15-4-1-14(2-5-15)3-8-19(26)24-9-11-25(12-10-24)20(27)17-13-16(22)6-7-18(17)23/h1-2,4-7,13H,3,8-12H2. The third-order valence-electron chi connectivity index (χ3n) is 4.62. The molecule has 0 N–H and O–H groups in total. The summed E-state index contributed by atoms with van der Waals surface area (Å²) in [5, 5.41) is 0.984. The molecule has 2 aromatic rings. The van der Waals surface area contributed by atoms with E-state index < -0.39 is 11.7 Å². The zero-order valence-corrected chi connectivity index (χ0v) is 16.1. The fourth-order valence-corrected chi connectivity index (χ4v) is 3.35. The quantitative estimate of drug-likeness (QED) is 0.765. The van der Waals surface area contributed by atoms with Crippen LogP contribution in [-0.4, -0.2) is 47.8 Å². The Morgan fingerprint density at radius 2 is 1.48 bits per heavy atom. The number of aryl methyl sites for hydroxylation is 1. The van der Waals surface area contributed by atoms with Gasteiger partial charge in [-0.1, -0.05) is 35.3 Å². The van der Waals surface area contributed by atoms with E-state index >= 15 is 0 Å². The molecule has 4 nitrogen and oxygen atoms in total. The highest BCUT2D eigenvalue weighted by atomic mass is 35.5. The summed E-state index contributed by atoms with van der Waals surface area (Å²) < 4.78 is 13.9. The summed E-state index contributed by atoms with van der Waals surface area (Å²) in [4.78, 5) is 28.2. The average Bonchev–Trinajstić information content (AvgIpc) is 2.69. The van der Waals surface area contributed by atoms with E-state index in [1.54, 1.807) is 21.9 Å². The lowest BCUT2D eigenvalue weighted by Gasteiger charge is -2.35. The van der Waals surface area contributed by atoms with Crippen molar-refractivity contribution in [3.63, 3.8) is 0 Å². The topological polar surface area (TPSA) is 40.6 Å². The molecule has 1 heterocycles. The molecule has 0 radical (unpaired) electrons. The number of nitrogens with zero attached hydrogens (tertiary/aromatic N) is 2. The molecular weight excluding hydrogens is 390 g/mol. The molecule has 142 valence electrons. The van der Waals surface area contributed by atoms with Crippen molar-refractivity contribution in [1.29, 1.82) is 0 Å². The Hall–Kier alpha value is -2.11. The van der Waals surface area contributed by atoms with Crippen LogP contribution in [0.5, 0.6) is 0 Å². The molecular formula is C20H19Cl2FN2O2. The van der Waals surface area contributed by atoms with E-state index in [2.05, 4.69) is 0 Å². The Labute approximate surface area is 167 Å². The number of piperazine rings is 1. The van der Waals surface area contributed by atoms with Crippen molar-refractivity contribution < 1.29 is 14.0 Å². The molecule has 0 spiro atoms. The number of rotatable bonds is 4. The molecule has 27 heavy (non-hydrogen) atoms. The SMILES string of the molecule is O=C(CCc1ccc(Cl)cc1)N1CCN(C(=O)c2cc(Cl)ccc2F)CC1. The molecule has 0 aliphatic carbocycles. The third kappa shape index (κ3) is 4.99. The van der Waals surface area contributed by atoms with Gasteiger partial charge in [0.25, 0.3) is 5.91 Å². The minimum Gasteiger partial charge on any atom is -0.339 e. The van der Waals surface area contributed by atoms with Gasteiger partial charge in [-0.15, -0.1) is 0 Å². The van der Waals surface area contributed by atoms with Crippen LogP contribution >= 0.6 is 23.2 Å². The first-order valence-electron chi connectivity index (χ1n) is 8.70. The predicted molar refractivity (Wildman–Crippen MR) is 104 cm³/mol. The van der Waals surface area contributed by atoms with Gasteiger partial charge in [0, 0.05) is 42.6 Å². The van der Waals surface area contributed by atoms with Gasteiger partial charge in [-0.05, 0) is 42.3 Å². The molecule has 3 rings (SSSR count). The summed E-state index contributed by atoms with van der Waals surface area (Å²) in [5.74, 6) is -0.944. The van der Waals surface area contributed by atoms with Crippen LogP contribution in [0, 0.1) is 5.82 Å². The molecule has 1 aliphatic heterocycles. The summed E-state index contributed by atoms with van der Waals surface area (Å²) in [6.07, 6.45) is 1.04. The number of hydrogen-bond acceptors (Lipinski definition) is 2. The summed E-state index contributed by atoms with van der Waals surface area (Å²) >= 11 is 11.7. The van der Waals surface area contributed by atoms with Crippen LogP contribution in [0.1, 0.15) is 22.3 Å². The highest BCUT2D eigenvalue weighted by Crippen LogP contribution is 2.18. The van der Waals surface area contributed by atoms with Crippen LogP contribution in [0.4, 0.5) is 4.39 Å². The van der Waals surface area contributed by atoms with Crippen LogP contribution in [0.3, 0.4) is 0 Å². The van der Waals surface area contributed by atoms with Crippen molar-refractivity contribution in [1.82, 2.24) is 9.80 Å². The number of benzene rings is 2. The lowest BCUT2D eigenvalue weighted by atomic mass is 10.1. The first-order chi connectivity index (χ1) is 12.9. The van der Waals surface area contributed by atoms with E-state index in [0.29, 0.717) is 49.1 Å². The largest absolute Gasteiger partial charge is 0.339 e. The van der Waals surface area contributed by atoms with E-state index in [1.165, 1.54) is 18.2 Å². The Balaban J connectivity index is 1.52. The first-order valence-corrected chi connectivity index (χ1v) is 9.46. The monoisotopic (exact) mass is 408 g/mol. The fourth-order valence-electron chi connectivity index (χ4n) is 3.05. The van der Waals surface area contributed by atoms with Crippen LogP contribution in [0.2, 0.25) is 10.0 Å². The van der Waals surface area contributed by atoms with Crippen LogP contribution < -0.4 is 0 Å². The van der Waals surface area contributed by atoms with Crippen molar-refractivity contribution in [3.05, 3.63) is 69.5 Å². The fraction of sp³-hybridized carbons (Fsp3) is 0.300. The van der Waals surface area contributed by atoms with Gasteiger partial charge in [0.15, 0.2) is 0 Å². The van der Waals surface area contributed by atoms with Crippen molar-refractivity contribution in [2.45, 2.75) is 12.8 Å². The highest BCUT2D eigenvalue weighted by Gasteiger charge is 2.26. The van der Waals surface area contributed by atoms with Gasteiger partial charge < -0.3 is 9.80 Å². The van der Waals surface area contributed by atoms with Gasteiger partial charge >= 0.3 is 0 Å². The third-order valence-corrected chi connectivity index (χ3v) is 5.11. The van der Waals surface area contributed by atoms with E-state index in [-0.39, 0.29) is 11.5 Å². The predicted octanol–water partition coefficient (Wildman–Crippen LogP) is 4.05. The number of carbonyl (C=O) groups is 2. The van der Waals surface area contributed by atoms with Gasteiger partial charge in [0.2, 0.25) is 5.91 Å². The van der Waals surface area contributed by atoms with E-state index in [0.717, 1.165) is 5.56 Å². The second-order valence-electron chi connectivity index (χ2n) is 6.42. The van der Waals surface area contributed by atoms with Crippen molar-refractivity contribution in [3.8, 4) is 0 Å². The Morgan fingerprint density at radius 1 is 0.889 bits per heavy atom. The molecule has 2 aromatic carbocycles. The van der Waals surface area contributed by atoms with Crippen LogP contribution in [-0.2, 0) is 11.2 Å². The van der Waals surface area contributed by atoms with Gasteiger partial charge in [-0.3, -0.25) is 9.59 Å². The molecule has 0 saturated carbocycles. The zero-order chi connectivity index (χ0) is 19.4. The second kappa shape index (κ2) is 8.72. The maximum atomic E-state index is 13.9. The number of carbonyl (C=O) groups excluding carboxylic acids is 2. The molecule has 7 heteroatoms. The lowest BCUT2D eigenvalue weighted by molar-refractivity contribution is -0.132. The molecule has 0 bridgehead atoms. The van der Waals surface area contributed by atoms with Gasteiger partial charge in [-0.2, -0.15) is 0 Å². The first kappa shape index (κ1) is 19.6. The van der Waals surface area contributed by atoms with E-state index in [9.17, 15) is 14.0 Å². The maximum Gasteiger partial charge on any atom is 0.257 e. The molecule has 1 fully saturated rings. The second-order valence-corrected chi connectivity index (χ2v) is 7.30. The summed E-state index contributed by atoms with van der Waals surface area (Å²) in [6.45, 7) is 1.62. The molecule has 1 saturated heterocycles. The minimum absolute atomic E-state index is 0.0370. The van der Waals surface area contributed by atoms with Gasteiger partial charge in [0.05, 0.1) is 5.56 Å². The molecule has 2 amide bonds. The van der Waals surface area contributed by atoms with E-state index in [1.807, 2.05) is 12.1 Å². The number of halogens is 3. The normalized spacial score (nSPS) is 14.3. The van der Waals surface area contributed by atoms with Crippen LogP contribution in [0.15, 0.2) is 42.5 Å². The van der Waals surface area contributed by atoms with Crippen molar-refractivity contribution in [2.24, 2.45) is 0 Å². The Bertz CT molecular complexity index is 834. The average molecular weight is 409 g/mol. The molecule has 0 unspecified atom stereocenters. The molecule has 0 atom stereocenters. The summed E-state index contributed by atoms with van der Waals surface area (Å²) in [7, 11) is 0. The maximum absolute atomic E-state index is 13.9. The summed E-state index contributed by atoms with van der Waals surface area (Å²) in [5.41, 5.74) is 1.02. The Morgan fingerprint density at radius 3 is 2.15 bits per heavy atom. The van der Waals surface area contributed by atoms with Gasteiger partial charge in [0.1, 0.15) is 5.82 Å². The number of amides is 2. The summed E-state index contributed by atoms with van der Waals surface area (Å²) in [6, 6.07) is 11.4. The lowest BCUT2D eigenvalue weighted by Crippen LogP contribution is -2.50. The van der Waals surface area contributed by atoms with Crippen molar-refractivity contribution in [2.75, 3.05) is 26.2 Å². The number of hydrogen-bond donors (Lipinski definition) is 0. The van der Waals surface area contributed by atoms with E-state index in [4.69, 9.17) is 23.2 Å². The van der Waals surface area contributed by atoms with Gasteiger partial charge in [-0.25, -0.2) is 4.39 Å². The minimum atomic E-state index is -0.592. The Kier molecular flexibility index (Phi) is 6.34. The smallest absolute Gasteiger partial charge is 0.257 e. The van der Waals surface area contributed by atoms with Crippen molar-refractivity contribution >= 4 is 35.0 Å².